The van der Waals surface area contributed by atoms with E-state index in [9.17, 15) is 9.90 Å². The Bertz CT molecular complexity index is 368. The highest BCUT2D eigenvalue weighted by molar-refractivity contribution is 5.81. The summed E-state index contributed by atoms with van der Waals surface area (Å²) in [6.07, 6.45) is 5.43. The second-order valence-corrected chi connectivity index (χ2v) is 6.49. The van der Waals surface area contributed by atoms with Gasteiger partial charge in [-0.3, -0.25) is 0 Å². The fraction of sp³-hybridized carbons (Fsp3) is 0.800. The first-order chi connectivity index (χ1) is 8.30. The Morgan fingerprint density at radius 2 is 2.11 bits per heavy atom. The lowest BCUT2D eigenvalue weighted by atomic mass is 9.47. The lowest BCUT2D eigenvalue weighted by Crippen LogP contribution is -2.56. The fourth-order valence-corrected chi connectivity index (χ4v) is 4.03. The maximum atomic E-state index is 11.4. The van der Waals surface area contributed by atoms with Crippen molar-refractivity contribution in [1.82, 2.24) is 0 Å². The van der Waals surface area contributed by atoms with Crippen molar-refractivity contribution in [3.8, 4) is 0 Å². The first-order valence-corrected chi connectivity index (χ1v) is 6.88. The molecule has 2 fully saturated rings. The van der Waals surface area contributed by atoms with Gasteiger partial charge in [-0.25, -0.2) is 4.79 Å². The molecular weight excluding hydrogens is 228 g/mol. The molecule has 0 radical (unpaired) electrons. The van der Waals surface area contributed by atoms with E-state index in [0.29, 0.717) is 12.5 Å². The van der Waals surface area contributed by atoms with Crippen molar-refractivity contribution in [2.75, 3.05) is 6.61 Å². The van der Waals surface area contributed by atoms with Crippen LogP contribution in [0.25, 0.3) is 0 Å². The molecule has 2 rings (SSSR count). The summed E-state index contributed by atoms with van der Waals surface area (Å²) in [5.74, 6) is 0.848. The monoisotopic (exact) mass is 252 g/mol. The van der Waals surface area contributed by atoms with E-state index >= 15 is 0 Å². The fourth-order valence-electron chi connectivity index (χ4n) is 4.03. The van der Waals surface area contributed by atoms with Crippen LogP contribution in [-0.4, -0.2) is 23.3 Å². The third-order valence-corrected chi connectivity index (χ3v) is 5.04. The Labute approximate surface area is 109 Å². The number of allylic oxidation sites excluding steroid dienone is 1. The molecule has 1 N–H and O–H groups in total. The summed E-state index contributed by atoms with van der Waals surface area (Å²) in [6.45, 7) is 8.60. The van der Waals surface area contributed by atoms with Gasteiger partial charge in [0.15, 0.2) is 0 Å². The quantitative estimate of drug-likeness (QED) is 0.620. The second-order valence-electron chi connectivity index (χ2n) is 6.49. The number of aliphatic hydroxyl groups is 1. The predicted octanol–water partition coefficient (Wildman–Crippen LogP) is 2.54. The lowest BCUT2D eigenvalue weighted by molar-refractivity contribution is -0.138. The summed E-state index contributed by atoms with van der Waals surface area (Å²) in [4.78, 5) is 11.4. The molecular formula is C15H24O3. The Balaban J connectivity index is 2.10. The second kappa shape index (κ2) is 4.37. The smallest absolute Gasteiger partial charge is 0.330 e. The molecule has 18 heavy (non-hydrogen) atoms. The summed E-state index contributed by atoms with van der Waals surface area (Å²) < 4.78 is 4.90. The molecule has 102 valence electrons. The Morgan fingerprint density at radius 1 is 1.44 bits per heavy atom. The number of carbonyl (C=O) groups is 1. The van der Waals surface area contributed by atoms with Gasteiger partial charge in [0, 0.05) is 6.08 Å². The van der Waals surface area contributed by atoms with Crippen LogP contribution in [0, 0.1) is 23.2 Å². The zero-order valence-electron chi connectivity index (χ0n) is 11.8. The maximum absolute atomic E-state index is 11.4. The van der Waals surface area contributed by atoms with Crippen LogP contribution >= 0.6 is 0 Å². The number of hydrogen-bond acceptors (Lipinski definition) is 3. The van der Waals surface area contributed by atoms with E-state index in [1.54, 1.807) is 6.92 Å². The number of fused-ring (bicyclic) bond motifs is 1. The molecule has 0 saturated heterocycles. The van der Waals surface area contributed by atoms with Crippen LogP contribution in [0.4, 0.5) is 0 Å². The topological polar surface area (TPSA) is 46.5 Å². The van der Waals surface area contributed by atoms with Gasteiger partial charge in [-0.05, 0) is 49.9 Å². The van der Waals surface area contributed by atoms with Crippen molar-refractivity contribution in [3.63, 3.8) is 0 Å². The van der Waals surface area contributed by atoms with Crippen LogP contribution in [-0.2, 0) is 9.53 Å². The van der Waals surface area contributed by atoms with Crippen LogP contribution < -0.4 is 0 Å². The van der Waals surface area contributed by atoms with Gasteiger partial charge in [-0.1, -0.05) is 19.9 Å². The highest BCUT2D eigenvalue weighted by Gasteiger charge is 2.63. The van der Waals surface area contributed by atoms with Gasteiger partial charge in [0.2, 0.25) is 0 Å². The molecule has 0 aromatic carbocycles. The number of rotatable bonds is 3. The Kier molecular flexibility index (Phi) is 3.30. The average molecular weight is 252 g/mol. The number of esters is 1. The summed E-state index contributed by atoms with van der Waals surface area (Å²) in [5, 5.41) is 10.4. The third-order valence-electron chi connectivity index (χ3n) is 5.04. The first-order valence-electron chi connectivity index (χ1n) is 6.88. The number of hydrogen-bond donors (Lipinski definition) is 1. The van der Waals surface area contributed by atoms with E-state index in [1.165, 1.54) is 6.08 Å². The summed E-state index contributed by atoms with van der Waals surface area (Å²) in [7, 11) is 0. The standard InChI is InChI=1S/C15H24O3/c1-5-18-12(16)7-6-10-13-11(14(10,2)3)8-9-15(13,4)17/h6-7,10-11,13,17H,5,8-9H2,1-4H3/b7-6+/t10-,11-,13-,15-/m1/s1. The highest BCUT2D eigenvalue weighted by atomic mass is 16.5. The minimum Gasteiger partial charge on any atom is -0.463 e. The first kappa shape index (κ1) is 13.6. The molecule has 2 saturated carbocycles. The Morgan fingerprint density at radius 3 is 2.72 bits per heavy atom. The average Bonchev–Trinajstić information content (AvgIpc) is 2.53. The minimum absolute atomic E-state index is 0.175. The minimum atomic E-state index is -0.580. The van der Waals surface area contributed by atoms with E-state index < -0.39 is 5.60 Å². The van der Waals surface area contributed by atoms with Gasteiger partial charge in [-0.15, -0.1) is 0 Å². The Hall–Kier alpha value is -0.830. The molecule has 0 aliphatic heterocycles. The molecule has 2 aliphatic carbocycles. The van der Waals surface area contributed by atoms with Crippen molar-refractivity contribution in [1.29, 1.82) is 0 Å². The van der Waals surface area contributed by atoms with Crippen molar-refractivity contribution < 1.29 is 14.6 Å². The van der Waals surface area contributed by atoms with Gasteiger partial charge in [0.05, 0.1) is 12.2 Å². The van der Waals surface area contributed by atoms with Crippen molar-refractivity contribution in [3.05, 3.63) is 12.2 Å². The van der Waals surface area contributed by atoms with E-state index in [-0.39, 0.29) is 23.2 Å². The predicted molar refractivity (Wildman–Crippen MR) is 69.9 cm³/mol. The molecule has 4 atom stereocenters. The van der Waals surface area contributed by atoms with E-state index in [4.69, 9.17) is 4.74 Å². The molecule has 3 heteroatoms. The lowest BCUT2D eigenvalue weighted by Gasteiger charge is -2.58. The molecule has 0 bridgehead atoms. The van der Waals surface area contributed by atoms with E-state index in [1.807, 2.05) is 13.0 Å². The number of carbonyl (C=O) groups excluding carboxylic acids is 1. The van der Waals surface area contributed by atoms with E-state index in [2.05, 4.69) is 13.8 Å². The molecule has 0 amide bonds. The maximum Gasteiger partial charge on any atom is 0.330 e. The summed E-state index contributed by atoms with van der Waals surface area (Å²) in [6, 6.07) is 0. The van der Waals surface area contributed by atoms with Gasteiger partial charge in [-0.2, -0.15) is 0 Å². The molecule has 3 nitrogen and oxygen atoms in total. The van der Waals surface area contributed by atoms with Crippen LogP contribution in [0.5, 0.6) is 0 Å². The van der Waals surface area contributed by atoms with E-state index in [0.717, 1.165) is 12.8 Å². The van der Waals surface area contributed by atoms with Gasteiger partial charge >= 0.3 is 5.97 Å². The van der Waals surface area contributed by atoms with Gasteiger partial charge < -0.3 is 9.84 Å². The molecule has 0 unspecified atom stereocenters. The molecule has 2 aliphatic rings. The van der Waals surface area contributed by atoms with Crippen molar-refractivity contribution in [2.24, 2.45) is 23.2 Å². The van der Waals surface area contributed by atoms with Gasteiger partial charge in [0.25, 0.3) is 0 Å². The third kappa shape index (κ3) is 1.99. The number of ether oxygens (including phenoxy) is 1. The molecule has 0 heterocycles. The zero-order valence-corrected chi connectivity index (χ0v) is 11.8. The molecule has 0 aromatic rings. The SMILES string of the molecule is CCOC(=O)/C=C/[C@@H]1[C@@H]2[C@@H](CC[C@@]2(C)O)C1(C)C. The normalized spacial score (nSPS) is 41.5. The summed E-state index contributed by atoms with van der Waals surface area (Å²) in [5.41, 5.74) is -0.405. The molecule has 0 aromatic heterocycles. The van der Waals surface area contributed by atoms with Gasteiger partial charge in [0.1, 0.15) is 0 Å². The molecule has 0 spiro atoms. The van der Waals surface area contributed by atoms with Crippen LogP contribution in [0.15, 0.2) is 12.2 Å². The zero-order chi connectivity index (χ0) is 13.6. The highest BCUT2D eigenvalue weighted by Crippen LogP contribution is 2.66. The van der Waals surface area contributed by atoms with Crippen LogP contribution in [0.3, 0.4) is 0 Å². The van der Waals surface area contributed by atoms with Crippen molar-refractivity contribution >= 4 is 5.97 Å². The van der Waals surface area contributed by atoms with Crippen LogP contribution in [0.2, 0.25) is 0 Å². The largest absolute Gasteiger partial charge is 0.463 e. The summed E-state index contributed by atoms with van der Waals surface area (Å²) >= 11 is 0. The van der Waals surface area contributed by atoms with Crippen molar-refractivity contribution in [2.45, 2.75) is 46.1 Å². The van der Waals surface area contributed by atoms with Crippen LogP contribution in [0.1, 0.15) is 40.5 Å².